The van der Waals surface area contributed by atoms with Gasteiger partial charge in [0, 0.05) is 19.2 Å². The normalized spacial score (nSPS) is 11.3. The van der Waals surface area contributed by atoms with Gasteiger partial charge in [-0.05, 0) is 12.0 Å². The Balaban J connectivity index is 2.80. The van der Waals surface area contributed by atoms with Crippen molar-refractivity contribution in [2.24, 2.45) is 13.0 Å². The molecule has 90 valence electrons. The minimum Gasteiger partial charge on any atom is -0.298 e. The highest BCUT2D eigenvalue weighted by Gasteiger charge is 2.14. The third-order valence-electron chi connectivity index (χ3n) is 2.90. The van der Waals surface area contributed by atoms with E-state index in [-0.39, 0.29) is 5.56 Å². The molecule has 1 aromatic carbocycles. The molecule has 0 unspecified atom stereocenters. The Morgan fingerprint density at radius 3 is 2.65 bits per heavy atom. The fourth-order valence-electron chi connectivity index (χ4n) is 2.10. The van der Waals surface area contributed by atoms with E-state index in [1.54, 1.807) is 16.8 Å². The number of nitrogens with zero attached hydrogens (tertiary/aromatic N) is 2. The molecule has 1 aromatic heterocycles. The Labute approximate surface area is 99.4 Å². The smallest absolute Gasteiger partial charge is 0.275 e. The molecule has 0 spiro atoms. The Morgan fingerprint density at radius 2 is 2.06 bits per heavy atom. The summed E-state index contributed by atoms with van der Waals surface area (Å²) in [4.78, 5) is 23.2. The van der Waals surface area contributed by atoms with Crippen LogP contribution < -0.4 is 5.56 Å². The van der Waals surface area contributed by atoms with E-state index in [1.807, 2.05) is 17.8 Å². The summed E-state index contributed by atoms with van der Waals surface area (Å²) in [6.07, 6.45) is 0.740. The molecule has 0 aliphatic carbocycles. The van der Waals surface area contributed by atoms with E-state index in [4.69, 9.17) is 0 Å². The SMILES string of the molecule is CC(C)Cn1c(=O)c2c(C=O)cccc2n1C. The lowest BCUT2D eigenvalue weighted by atomic mass is 10.1. The molecule has 0 saturated carbocycles. The van der Waals surface area contributed by atoms with Gasteiger partial charge in [-0.15, -0.1) is 0 Å². The maximum Gasteiger partial charge on any atom is 0.275 e. The number of hydrogen-bond donors (Lipinski definition) is 0. The summed E-state index contributed by atoms with van der Waals surface area (Å²) < 4.78 is 3.51. The highest BCUT2D eigenvalue weighted by Crippen LogP contribution is 2.14. The van der Waals surface area contributed by atoms with Gasteiger partial charge in [0.1, 0.15) is 0 Å². The Bertz CT molecular complexity index is 620. The van der Waals surface area contributed by atoms with Gasteiger partial charge in [-0.3, -0.25) is 14.3 Å². The van der Waals surface area contributed by atoms with Gasteiger partial charge in [0.05, 0.1) is 10.9 Å². The van der Waals surface area contributed by atoms with E-state index < -0.39 is 0 Å². The zero-order chi connectivity index (χ0) is 12.6. The zero-order valence-corrected chi connectivity index (χ0v) is 10.3. The summed E-state index contributed by atoms with van der Waals surface area (Å²) >= 11 is 0. The van der Waals surface area contributed by atoms with Gasteiger partial charge in [-0.25, -0.2) is 4.68 Å². The van der Waals surface area contributed by atoms with Gasteiger partial charge >= 0.3 is 0 Å². The van der Waals surface area contributed by atoms with Crippen LogP contribution >= 0.6 is 0 Å². The molecular weight excluding hydrogens is 216 g/mol. The Hall–Kier alpha value is -1.84. The summed E-state index contributed by atoms with van der Waals surface area (Å²) in [6, 6.07) is 5.34. The van der Waals surface area contributed by atoms with Crippen molar-refractivity contribution in [3.8, 4) is 0 Å². The topological polar surface area (TPSA) is 44.0 Å². The van der Waals surface area contributed by atoms with E-state index in [0.29, 0.717) is 23.4 Å². The van der Waals surface area contributed by atoms with Crippen molar-refractivity contribution < 1.29 is 4.79 Å². The van der Waals surface area contributed by atoms with Crippen LogP contribution in [0.2, 0.25) is 0 Å². The molecule has 0 saturated heterocycles. The van der Waals surface area contributed by atoms with Crippen molar-refractivity contribution in [2.45, 2.75) is 20.4 Å². The van der Waals surface area contributed by atoms with E-state index in [2.05, 4.69) is 13.8 Å². The Kier molecular flexibility index (Phi) is 2.88. The number of aryl methyl sites for hydroxylation is 1. The lowest BCUT2D eigenvalue weighted by molar-refractivity contribution is 0.112. The van der Waals surface area contributed by atoms with Crippen LogP contribution in [0.1, 0.15) is 24.2 Å². The number of rotatable bonds is 3. The van der Waals surface area contributed by atoms with Crippen molar-refractivity contribution in [1.82, 2.24) is 9.36 Å². The predicted molar refractivity (Wildman–Crippen MR) is 67.4 cm³/mol. The molecule has 0 N–H and O–H groups in total. The molecule has 1 heterocycles. The predicted octanol–water partition coefficient (Wildman–Crippen LogP) is 1.81. The van der Waals surface area contributed by atoms with Gasteiger partial charge in [0.2, 0.25) is 0 Å². The first-order valence-electron chi connectivity index (χ1n) is 5.70. The van der Waals surface area contributed by atoms with Crippen LogP contribution in [0.4, 0.5) is 0 Å². The fourth-order valence-corrected chi connectivity index (χ4v) is 2.10. The van der Waals surface area contributed by atoms with Crippen LogP contribution in [-0.2, 0) is 13.6 Å². The number of carbonyl (C=O) groups is 1. The van der Waals surface area contributed by atoms with Gasteiger partial charge < -0.3 is 0 Å². The fraction of sp³-hybridized carbons (Fsp3) is 0.385. The van der Waals surface area contributed by atoms with Crippen LogP contribution in [0, 0.1) is 5.92 Å². The van der Waals surface area contributed by atoms with E-state index in [9.17, 15) is 9.59 Å². The van der Waals surface area contributed by atoms with E-state index in [1.165, 1.54) is 0 Å². The minimum atomic E-state index is -0.0844. The Morgan fingerprint density at radius 1 is 1.35 bits per heavy atom. The second-order valence-corrected chi connectivity index (χ2v) is 4.66. The molecule has 0 amide bonds. The van der Waals surface area contributed by atoms with Gasteiger partial charge in [-0.1, -0.05) is 26.0 Å². The minimum absolute atomic E-state index is 0.0844. The van der Waals surface area contributed by atoms with E-state index >= 15 is 0 Å². The second kappa shape index (κ2) is 4.20. The van der Waals surface area contributed by atoms with Crippen molar-refractivity contribution in [3.63, 3.8) is 0 Å². The maximum absolute atomic E-state index is 12.2. The average Bonchev–Trinajstić information content (AvgIpc) is 2.54. The lowest BCUT2D eigenvalue weighted by Gasteiger charge is -2.09. The molecule has 2 aromatic rings. The molecule has 4 heteroatoms. The van der Waals surface area contributed by atoms with Crippen LogP contribution in [0.5, 0.6) is 0 Å². The van der Waals surface area contributed by atoms with Gasteiger partial charge in [0.25, 0.3) is 5.56 Å². The summed E-state index contributed by atoms with van der Waals surface area (Å²) in [7, 11) is 1.85. The summed E-state index contributed by atoms with van der Waals surface area (Å²) in [5.74, 6) is 0.385. The average molecular weight is 232 g/mol. The standard InChI is InChI=1S/C13H16N2O2/c1-9(2)7-15-13(17)12-10(8-16)5-4-6-11(12)14(15)3/h4-6,8-9H,7H2,1-3H3. The van der Waals surface area contributed by atoms with Crippen molar-refractivity contribution in [3.05, 3.63) is 34.1 Å². The second-order valence-electron chi connectivity index (χ2n) is 4.66. The summed E-state index contributed by atoms with van der Waals surface area (Å²) in [5, 5.41) is 0.519. The maximum atomic E-state index is 12.2. The van der Waals surface area contributed by atoms with Crippen LogP contribution in [-0.4, -0.2) is 15.6 Å². The molecule has 17 heavy (non-hydrogen) atoms. The molecule has 0 aliphatic heterocycles. The van der Waals surface area contributed by atoms with Crippen LogP contribution in [0.25, 0.3) is 10.9 Å². The number of aromatic nitrogens is 2. The quantitative estimate of drug-likeness (QED) is 0.757. The van der Waals surface area contributed by atoms with Gasteiger partial charge in [0.15, 0.2) is 6.29 Å². The molecule has 4 nitrogen and oxygen atoms in total. The first-order chi connectivity index (χ1) is 8.06. The highest BCUT2D eigenvalue weighted by atomic mass is 16.1. The lowest BCUT2D eigenvalue weighted by Crippen LogP contribution is -2.24. The van der Waals surface area contributed by atoms with Crippen molar-refractivity contribution in [1.29, 1.82) is 0 Å². The molecule has 0 aliphatic rings. The number of hydrogen-bond acceptors (Lipinski definition) is 2. The first-order valence-corrected chi connectivity index (χ1v) is 5.70. The van der Waals surface area contributed by atoms with Gasteiger partial charge in [-0.2, -0.15) is 0 Å². The molecule has 0 atom stereocenters. The molecular formula is C13H16N2O2. The highest BCUT2D eigenvalue weighted by molar-refractivity contribution is 5.96. The third-order valence-corrected chi connectivity index (χ3v) is 2.90. The third kappa shape index (κ3) is 1.79. The van der Waals surface area contributed by atoms with Crippen molar-refractivity contribution in [2.75, 3.05) is 0 Å². The number of aldehydes is 1. The number of fused-ring (bicyclic) bond motifs is 1. The van der Waals surface area contributed by atoms with Crippen molar-refractivity contribution >= 4 is 17.2 Å². The summed E-state index contributed by atoms with van der Waals surface area (Å²) in [6.45, 7) is 4.78. The summed E-state index contributed by atoms with van der Waals surface area (Å²) in [5.41, 5.74) is 1.18. The monoisotopic (exact) mass is 232 g/mol. The number of benzene rings is 1. The molecule has 0 radical (unpaired) electrons. The van der Waals surface area contributed by atoms with E-state index in [0.717, 1.165) is 11.8 Å². The largest absolute Gasteiger partial charge is 0.298 e. The van der Waals surface area contributed by atoms with Crippen LogP contribution in [0.3, 0.4) is 0 Å². The zero-order valence-electron chi connectivity index (χ0n) is 10.3. The molecule has 2 rings (SSSR count). The molecule has 0 bridgehead atoms. The van der Waals surface area contributed by atoms with Crippen LogP contribution in [0.15, 0.2) is 23.0 Å². The molecule has 0 fully saturated rings. The number of carbonyl (C=O) groups excluding carboxylic acids is 1. The first kappa shape index (κ1) is 11.6.